The van der Waals surface area contributed by atoms with Gasteiger partial charge in [0.1, 0.15) is 0 Å². The predicted octanol–water partition coefficient (Wildman–Crippen LogP) is 4.59. The molecule has 1 fully saturated rings. The molecule has 120 valence electrons. The van der Waals surface area contributed by atoms with E-state index in [-0.39, 0.29) is 0 Å². The molecule has 2 heteroatoms. The van der Waals surface area contributed by atoms with Gasteiger partial charge < -0.3 is 5.32 Å². The van der Waals surface area contributed by atoms with Crippen molar-refractivity contribution in [3.8, 4) is 0 Å². The maximum atomic E-state index is 3.71. The van der Waals surface area contributed by atoms with E-state index in [9.17, 15) is 0 Å². The van der Waals surface area contributed by atoms with Crippen LogP contribution >= 0.6 is 0 Å². The molecule has 0 radical (unpaired) electrons. The summed E-state index contributed by atoms with van der Waals surface area (Å²) in [5.41, 5.74) is 0.453. The van der Waals surface area contributed by atoms with Gasteiger partial charge in [0, 0.05) is 30.7 Å². The Bertz CT molecular complexity index is 234. The standard InChI is InChI=1S/C18H38N2/c1-6-8-12-18(5,13-9-7-2)20-14-10-17(11-15-20)19-16(3)4/h16-17,19H,6-15H2,1-5H3. The summed E-state index contributed by atoms with van der Waals surface area (Å²) in [6.07, 6.45) is 10.8. The van der Waals surface area contributed by atoms with Gasteiger partial charge in [0.15, 0.2) is 0 Å². The molecule has 0 saturated carbocycles. The van der Waals surface area contributed by atoms with Crippen LogP contribution in [0.1, 0.15) is 86.0 Å². The van der Waals surface area contributed by atoms with Crippen LogP contribution in [0.4, 0.5) is 0 Å². The summed E-state index contributed by atoms with van der Waals surface area (Å²) in [5.74, 6) is 0. The largest absolute Gasteiger partial charge is 0.312 e. The van der Waals surface area contributed by atoms with E-state index in [4.69, 9.17) is 0 Å². The first-order valence-electron chi connectivity index (χ1n) is 9.03. The van der Waals surface area contributed by atoms with Crippen molar-refractivity contribution in [2.24, 2.45) is 0 Å². The van der Waals surface area contributed by atoms with E-state index in [1.165, 1.54) is 64.5 Å². The van der Waals surface area contributed by atoms with Crippen LogP contribution in [0.3, 0.4) is 0 Å². The van der Waals surface area contributed by atoms with Crippen molar-refractivity contribution in [2.45, 2.75) is 104 Å². The molecule has 1 aliphatic heterocycles. The van der Waals surface area contributed by atoms with E-state index >= 15 is 0 Å². The highest BCUT2D eigenvalue weighted by atomic mass is 15.2. The molecule has 0 bridgehead atoms. The summed E-state index contributed by atoms with van der Waals surface area (Å²) in [7, 11) is 0. The molecular formula is C18H38N2. The normalized spacial score (nSPS) is 18.9. The Morgan fingerprint density at radius 2 is 1.55 bits per heavy atom. The molecule has 20 heavy (non-hydrogen) atoms. The van der Waals surface area contributed by atoms with Gasteiger partial charge in [-0.1, -0.05) is 53.4 Å². The van der Waals surface area contributed by atoms with Crippen LogP contribution in [-0.4, -0.2) is 35.6 Å². The van der Waals surface area contributed by atoms with E-state index in [1.807, 2.05) is 0 Å². The van der Waals surface area contributed by atoms with Gasteiger partial charge in [0.2, 0.25) is 0 Å². The van der Waals surface area contributed by atoms with Crippen LogP contribution in [0.25, 0.3) is 0 Å². The Balaban J connectivity index is 2.51. The number of piperidine rings is 1. The monoisotopic (exact) mass is 282 g/mol. The van der Waals surface area contributed by atoms with E-state index < -0.39 is 0 Å². The highest BCUT2D eigenvalue weighted by molar-refractivity contribution is 4.90. The Kier molecular flexibility index (Phi) is 8.13. The smallest absolute Gasteiger partial charge is 0.0181 e. The Morgan fingerprint density at radius 3 is 1.95 bits per heavy atom. The summed E-state index contributed by atoms with van der Waals surface area (Å²) < 4.78 is 0. The van der Waals surface area contributed by atoms with E-state index in [2.05, 4.69) is 44.8 Å². The summed E-state index contributed by atoms with van der Waals surface area (Å²) in [6, 6.07) is 1.37. The first-order valence-corrected chi connectivity index (χ1v) is 9.03. The molecule has 1 N–H and O–H groups in total. The molecule has 0 aromatic rings. The van der Waals surface area contributed by atoms with Crippen molar-refractivity contribution in [1.82, 2.24) is 10.2 Å². The number of rotatable bonds is 9. The fourth-order valence-electron chi connectivity index (χ4n) is 3.61. The third-order valence-electron chi connectivity index (χ3n) is 4.97. The lowest BCUT2D eigenvalue weighted by atomic mass is 9.85. The second-order valence-corrected chi connectivity index (χ2v) is 7.29. The lowest BCUT2D eigenvalue weighted by Crippen LogP contribution is -2.53. The lowest BCUT2D eigenvalue weighted by Gasteiger charge is -2.46. The van der Waals surface area contributed by atoms with Crippen molar-refractivity contribution in [1.29, 1.82) is 0 Å². The fourth-order valence-corrected chi connectivity index (χ4v) is 3.61. The van der Waals surface area contributed by atoms with Gasteiger partial charge in [-0.15, -0.1) is 0 Å². The molecule has 0 aromatic carbocycles. The zero-order valence-electron chi connectivity index (χ0n) is 14.7. The maximum Gasteiger partial charge on any atom is 0.0181 e. The summed E-state index contributed by atoms with van der Waals surface area (Å²) in [6.45, 7) is 14.3. The molecule has 0 atom stereocenters. The van der Waals surface area contributed by atoms with Gasteiger partial charge in [-0.05, 0) is 32.6 Å². The molecule has 1 rings (SSSR count). The van der Waals surface area contributed by atoms with Gasteiger partial charge in [-0.3, -0.25) is 4.90 Å². The van der Waals surface area contributed by atoms with Crippen LogP contribution in [0.5, 0.6) is 0 Å². The van der Waals surface area contributed by atoms with Crippen LogP contribution in [0.2, 0.25) is 0 Å². The van der Waals surface area contributed by atoms with Crippen LogP contribution in [0.15, 0.2) is 0 Å². The van der Waals surface area contributed by atoms with Crippen molar-refractivity contribution in [2.75, 3.05) is 13.1 Å². The molecule has 1 aliphatic rings. The number of unbranched alkanes of at least 4 members (excludes halogenated alkanes) is 2. The molecular weight excluding hydrogens is 244 g/mol. The SMILES string of the molecule is CCCCC(C)(CCCC)N1CCC(NC(C)C)CC1. The van der Waals surface area contributed by atoms with Gasteiger partial charge in [-0.2, -0.15) is 0 Å². The molecule has 0 aliphatic carbocycles. The first-order chi connectivity index (χ1) is 9.51. The van der Waals surface area contributed by atoms with Crippen molar-refractivity contribution < 1.29 is 0 Å². The van der Waals surface area contributed by atoms with Gasteiger partial charge >= 0.3 is 0 Å². The Labute approximate surface area is 127 Å². The quantitative estimate of drug-likeness (QED) is 0.665. The van der Waals surface area contributed by atoms with Crippen LogP contribution in [-0.2, 0) is 0 Å². The minimum Gasteiger partial charge on any atom is -0.312 e. The van der Waals surface area contributed by atoms with Crippen molar-refractivity contribution in [3.63, 3.8) is 0 Å². The number of nitrogens with one attached hydrogen (secondary N) is 1. The minimum atomic E-state index is 0.453. The summed E-state index contributed by atoms with van der Waals surface area (Å²) in [5, 5.41) is 3.71. The van der Waals surface area contributed by atoms with Crippen LogP contribution in [0, 0.1) is 0 Å². The number of likely N-dealkylation sites (tertiary alicyclic amines) is 1. The predicted molar refractivity (Wildman–Crippen MR) is 90.3 cm³/mol. The number of nitrogens with zero attached hydrogens (tertiary/aromatic N) is 1. The van der Waals surface area contributed by atoms with Crippen molar-refractivity contribution >= 4 is 0 Å². The molecule has 0 spiro atoms. The van der Waals surface area contributed by atoms with E-state index in [0.29, 0.717) is 11.6 Å². The van der Waals surface area contributed by atoms with Gasteiger partial charge in [0.05, 0.1) is 0 Å². The zero-order chi connectivity index (χ0) is 15.0. The molecule has 0 aromatic heterocycles. The maximum absolute atomic E-state index is 3.71. The van der Waals surface area contributed by atoms with E-state index in [0.717, 1.165) is 6.04 Å². The topological polar surface area (TPSA) is 15.3 Å². The zero-order valence-corrected chi connectivity index (χ0v) is 14.7. The third kappa shape index (κ3) is 5.73. The third-order valence-corrected chi connectivity index (χ3v) is 4.97. The molecule has 1 saturated heterocycles. The molecule has 0 amide bonds. The van der Waals surface area contributed by atoms with Gasteiger partial charge in [0.25, 0.3) is 0 Å². The second kappa shape index (κ2) is 9.04. The van der Waals surface area contributed by atoms with E-state index in [1.54, 1.807) is 0 Å². The molecule has 2 nitrogen and oxygen atoms in total. The summed E-state index contributed by atoms with van der Waals surface area (Å²) >= 11 is 0. The summed E-state index contributed by atoms with van der Waals surface area (Å²) in [4.78, 5) is 2.80. The average Bonchev–Trinajstić information content (AvgIpc) is 2.43. The second-order valence-electron chi connectivity index (χ2n) is 7.29. The Hall–Kier alpha value is -0.0800. The average molecular weight is 283 g/mol. The highest BCUT2D eigenvalue weighted by Crippen LogP contribution is 2.31. The minimum absolute atomic E-state index is 0.453. The molecule has 0 unspecified atom stereocenters. The highest BCUT2D eigenvalue weighted by Gasteiger charge is 2.33. The van der Waals surface area contributed by atoms with Crippen molar-refractivity contribution in [3.05, 3.63) is 0 Å². The molecule has 1 heterocycles. The first kappa shape index (κ1) is 18.0. The number of hydrogen-bond acceptors (Lipinski definition) is 2. The lowest BCUT2D eigenvalue weighted by molar-refractivity contribution is 0.0509. The Morgan fingerprint density at radius 1 is 1.05 bits per heavy atom. The van der Waals surface area contributed by atoms with Crippen LogP contribution < -0.4 is 5.32 Å². The number of hydrogen-bond donors (Lipinski definition) is 1. The fraction of sp³-hybridized carbons (Fsp3) is 1.00. The van der Waals surface area contributed by atoms with Gasteiger partial charge in [-0.25, -0.2) is 0 Å².